The molecule has 1 heterocycles. The first-order valence-corrected chi connectivity index (χ1v) is 12.9. The molecule has 32 heavy (non-hydrogen) atoms. The van der Waals surface area contributed by atoms with E-state index in [9.17, 15) is 13.2 Å². The number of carbonyl (C=O) groups excluding carboxylic acids is 1. The zero-order valence-electron chi connectivity index (χ0n) is 20.2. The SMILES string of the molecule is Cc1ccc(-n2nc(C(C)(C)C)cc2OS(=O)(=O)CC23CCC(CC2=O)C3(C)C)c(C)c1. The van der Waals surface area contributed by atoms with Gasteiger partial charge in [0.2, 0.25) is 5.88 Å². The standard InChI is InChI=1S/C25H34N2O4S/c1-16-8-9-19(17(2)12-16)27-22(14-20(26-27)23(3,4)5)31-32(29,30)15-25-11-10-18(13-21(25)28)24(25,6)7/h8-9,12,14,18H,10-11,13,15H2,1-7H3. The first-order valence-electron chi connectivity index (χ1n) is 11.3. The van der Waals surface area contributed by atoms with Gasteiger partial charge < -0.3 is 4.18 Å². The van der Waals surface area contributed by atoms with Crippen molar-refractivity contribution in [3.63, 3.8) is 0 Å². The van der Waals surface area contributed by atoms with Crippen LogP contribution in [0.3, 0.4) is 0 Å². The van der Waals surface area contributed by atoms with Gasteiger partial charge in [-0.2, -0.15) is 18.2 Å². The lowest BCUT2D eigenvalue weighted by Gasteiger charge is -2.35. The molecular weight excluding hydrogens is 424 g/mol. The highest BCUT2D eigenvalue weighted by atomic mass is 32.2. The zero-order chi connectivity index (χ0) is 23.7. The minimum absolute atomic E-state index is 0.0594. The fourth-order valence-corrected chi connectivity index (χ4v) is 7.29. The van der Waals surface area contributed by atoms with Gasteiger partial charge in [0.05, 0.1) is 22.5 Å². The second-order valence-corrected chi connectivity index (χ2v) is 12.8. The van der Waals surface area contributed by atoms with Gasteiger partial charge in [-0.15, -0.1) is 0 Å². The van der Waals surface area contributed by atoms with Crippen LogP contribution in [0.1, 0.15) is 70.7 Å². The summed E-state index contributed by atoms with van der Waals surface area (Å²) in [6.07, 6.45) is 1.97. The Balaban J connectivity index is 1.74. The number of hydrogen-bond donors (Lipinski definition) is 0. The average molecular weight is 459 g/mol. The van der Waals surface area contributed by atoms with Crippen molar-refractivity contribution < 1.29 is 17.4 Å². The van der Waals surface area contributed by atoms with Crippen molar-refractivity contribution in [2.45, 2.75) is 73.1 Å². The van der Waals surface area contributed by atoms with Crippen LogP contribution in [-0.4, -0.2) is 29.7 Å². The third-order valence-corrected chi connectivity index (χ3v) is 9.07. The van der Waals surface area contributed by atoms with Gasteiger partial charge in [-0.3, -0.25) is 4.79 Å². The molecular formula is C25H34N2O4S. The van der Waals surface area contributed by atoms with Gasteiger partial charge in [-0.1, -0.05) is 52.3 Å². The summed E-state index contributed by atoms with van der Waals surface area (Å²) in [6.45, 7) is 14.1. The Morgan fingerprint density at radius 3 is 2.41 bits per heavy atom. The Labute approximate surface area is 191 Å². The Kier molecular flexibility index (Phi) is 5.16. The van der Waals surface area contributed by atoms with Crippen LogP contribution in [-0.2, 0) is 20.3 Å². The maximum atomic E-state index is 13.3. The number of aryl methyl sites for hydroxylation is 2. The summed E-state index contributed by atoms with van der Waals surface area (Å²) in [5, 5.41) is 4.71. The van der Waals surface area contributed by atoms with Gasteiger partial charge in [0.1, 0.15) is 5.78 Å². The van der Waals surface area contributed by atoms with Gasteiger partial charge in [-0.25, -0.2) is 0 Å². The van der Waals surface area contributed by atoms with Gasteiger partial charge in [0.25, 0.3) is 0 Å². The second kappa shape index (κ2) is 7.17. The van der Waals surface area contributed by atoms with Gasteiger partial charge in [0.15, 0.2) is 0 Å². The molecule has 4 rings (SSSR count). The average Bonchev–Trinajstić information content (AvgIpc) is 3.20. The molecule has 0 radical (unpaired) electrons. The van der Waals surface area contributed by atoms with Crippen molar-refractivity contribution in [1.29, 1.82) is 0 Å². The van der Waals surface area contributed by atoms with Crippen LogP contribution in [0.2, 0.25) is 0 Å². The molecule has 0 spiro atoms. The molecule has 6 nitrogen and oxygen atoms in total. The number of Topliss-reactive ketones (excluding diaryl/α,β-unsaturated/α-hetero) is 1. The van der Waals surface area contributed by atoms with E-state index < -0.39 is 15.5 Å². The Morgan fingerprint density at radius 1 is 1.19 bits per heavy atom. The second-order valence-electron chi connectivity index (χ2n) is 11.3. The third kappa shape index (κ3) is 3.58. The molecule has 1 aromatic heterocycles. The summed E-state index contributed by atoms with van der Waals surface area (Å²) < 4.78 is 34.0. The maximum absolute atomic E-state index is 13.3. The first-order chi connectivity index (χ1) is 14.7. The minimum Gasteiger partial charge on any atom is -0.361 e. The molecule has 174 valence electrons. The summed E-state index contributed by atoms with van der Waals surface area (Å²) in [7, 11) is -4.03. The monoisotopic (exact) mass is 458 g/mol. The number of rotatable bonds is 5. The fourth-order valence-electron chi connectivity index (χ4n) is 5.57. The smallest absolute Gasteiger partial charge is 0.311 e. The van der Waals surface area contributed by atoms with Gasteiger partial charge in [-0.05, 0) is 49.7 Å². The Morgan fingerprint density at radius 2 is 1.88 bits per heavy atom. The largest absolute Gasteiger partial charge is 0.361 e. The van der Waals surface area contributed by atoms with Crippen molar-refractivity contribution in [3.8, 4) is 11.6 Å². The molecule has 2 atom stereocenters. The highest BCUT2D eigenvalue weighted by Gasteiger charge is 2.65. The van der Waals surface area contributed by atoms with E-state index in [4.69, 9.17) is 9.28 Å². The molecule has 0 N–H and O–H groups in total. The van der Waals surface area contributed by atoms with E-state index in [0.717, 1.165) is 28.9 Å². The molecule has 0 aliphatic heterocycles. The molecule has 2 unspecified atom stereocenters. The highest BCUT2D eigenvalue weighted by Crippen LogP contribution is 2.64. The number of aromatic nitrogens is 2. The summed E-state index contributed by atoms with van der Waals surface area (Å²) >= 11 is 0. The summed E-state index contributed by atoms with van der Waals surface area (Å²) in [5.74, 6) is 0.185. The Hall–Kier alpha value is -2.15. The molecule has 2 aromatic rings. The quantitative estimate of drug-likeness (QED) is 0.596. The first kappa shape index (κ1) is 23.0. The van der Waals surface area contributed by atoms with E-state index in [2.05, 4.69) is 0 Å². The van der Waals surface area contributed by atoms with E-state index in [1.165, 1.54) is 0 Å². The van der Waals surface area contributed by atoms with E-state index in [1.807, 2.05) is 66.7 Å². The number of ketones is 1. The number of benzene rings is 1. The number of fused-ring (bicyclic) bond motifs is 2. The zero-order valence-corrected chi connectivity index (χ0v) is 21.0. The summed E-state index contributed by atoms with van der Waals surface area (Å²) in [5.41, 5.74) is 2.10. The minimum atomic E-state index is -4.03. The van der Waals surface area contributed by atoms with Crippen LogP contribution in [0, 0.1) is 30.6 Å². The lowest BCUT2D eigenvalue weighted by atomic mass is 9.70. The van der Waals surface area contributed by atoms with Crippen molar-refractivity contribution >= 4 is 15.9 Å². The van der Waals surface area contributed by atoms with E-state index in [1.54, 1.807) is 10.7 Å². The molecule has 0 amide bonds. The van der Waals surface area contributed by atoms with Crippen molar-refractivity contribution in [2.75, 3.05) is 5.75 Å². The molecule has 2 fully saturated rings. The third-order valence-electron chi connectivity index (χ3n) is 7.80. The normalized spacial score (nSPS) is 24.8. The fraction of sp³-hybridized carbons (Fsp3) is 0.600. The van der Waals surface area contributed by atoms with Crippen LogP contribution in [0.4, 0.5) is 0 Å². The van der Waals surface area contributed by atoms with Gasteiger partial charge in [0, 0.05) is 17.9 Å². The van der Waals surface area contributed by atoms with Crippen LogP contribution in [0.15, 0.2) is 24.3 Å². The van der Waals surface area contributed by atoms with Crippen LogP contribution < -0.4 is 4.18 Å². The maximum Gasteiger partial charge on any atom is 0.311 e. The summed E-state index contributed by atoms with van der Waals surface area (Å²) in [4.78, 5) is 12.9. The lowest BCUT2D eigenvalue weighted by molar-refractivity contribution is -0.128. The van der Waals surface area contributed by atoms with Crippen LogP contribution >= 0.6 is 0 Å². The molecule has 2 aliphatic carbocycles. The highest BCUT2D eigenvalue weighted by molar-refractivity contribution is 7.87. The molecule has 2 saturated carbocycles. The number of nitrogens with zero attached hydrogens (tertiary/aromatic N) is 2. The predicted octanol–water partition coefficient (Wildman–Crippen LogP) is 4.89. The predicted molar refractivity (Wildman–Crippen MR) is 125 cm³/mol. The van der Waals surface area contributed by atoms with E-state index in [0.29, 0.717) is 12.8 Å². The van der Waals surface area contributed by atoms with Crippen LogP contribution in [0.25, 0.3) is 5.69 Å². The lowest BCUT2D eigenvalue weighted by Crippen LogP contribution is -2.43. The van der Waals surface area contributed by atoms with Crippen LogP contribution in [0.5, 0.6) is 5.88 Å². The van der Waals surface area contributed by atoms with E-state index >= 15 is 0 Å². The number of carbonyl (C=O) groups is 1. The molecule has 2 aliphatic rings. The summed E-state index contributed by atoms with van der Waals surface area (Å²) in [6, 6.07) is 7.63. The number of hydrogen-bond acceptors (Lipinski definition) is 5. The molecule has 0 saturated heterocycles. The topological polar surface area (TPSA) is 78.3 Å². The van der Waals surface area contributed by atoms with Crippen molar-refractivity contribution in [3.05, 3.63) is 41.1 Å². The van der Waals surface area contributed by atoms with Crippen molar-refractivity contribution in [1.82, 2.24) is 9.78 Å². The Bertz CT molecular complexity index is 1190. The molecule has 1 aromatic carbocycles. The molecule has 7 heteroatoms. The van der Waals surface area contributed by atoms with Crippen molar-refractivity contribution in [2.24, 2.45) is 16.7 Å². The van der Waals surface area contributed by atoms with Gasteiger partial charge >= 0.3 is 10.1 Å². The van der Waals surface area contributed by atoms with E-state index in [-0.39, 0.29) is 34.2 Å². The molecule has 2 bridgehead atoms.